The van der Waals surface area contributed by atoms with Crippen molar-refractivity contribution < 1.29 is 14.6 Å². The summed E-state index contributed by atoms with van der Waals surface area (Å²) in [6.45, 7) is 5.24. The summed E-state index contributed by atoms with van der Waals surface area (Å²) < 4.78 is 5.19. The molecular formula is C19H22N6O3S. The van der Waals surface area contributed by atoms with Gasteiger partial charge < -0.3 is 14.7 Å². The number of rotatable bonds is 4. The van der Waals surface area contributed by atoms with Gasteiger partial charge in [-0.1, -0.05) is 29.5 Å². The van der Waals surface area contributed by atoms with Gasteiger partial charge in [0, 0.05) is 38.3 Å². The van der Waals surface area contributed by atoms with E-state index in [1.807, 2.05) is 25.1 Å². The molecule has 10 heteroatoms. The molecule has 152 valence electrons. The summed E-state index contributed by atoms with van der Waals surface area (Å²) in [7, 11) is 1.52. The summed E-state index contributed by atoms with van der Waals surface area (Å²) in [5.41, 5.74) is 2.32. The molecule has 9 nitrogen and oxygen atoms in total. The van der Waals surface area contributed by atoms with Crippen LogP contribution in [0.15, 0.2) is 24.5 Å². The summed E-state index contributed by atoms with van der Waals surface area (Å²) in [6, 6.07) is 5.59. The number of para-hydroxylation sites is 1. The number of carbonyl (C=O) groups excluding carboxylic acids is 1. The molecule has 1 fully saturated rings. The summed E-state index contributed by atoms with van der Waals surface area (Å²) >= 11 is 1.29. The predicted molar refractivity (Wildman–Crippen MR) is 110 cm³/mol. The molecule has 2 N–H and O–H groups in total. The lowest BCUT2D eigenvalue weighted by Crippen LogP contribution is -2.49. The van der Waals surface area contributed by atoms with Crippen LogP contribution in [0.3, 0.4) is 0 Å². The number of carbonyl (C=O) groups is 1. The van der Waals surface area contributed by atoms with Gasteiger partial charge in [-0.25, -0.2) is 14.8 Å². The van der Waals surface area contributed by atoms with Gasteiger partial charge in [0.15, 0.2) is 15.5 Å². The van der Waals surface area contributed by atoms with Crippen molar-refractivity contribution >= 4 is 32.8 Å². The standard InChI is InChI=1S/C19H22N6O3S/c1-12-4-3-5-13(15(12)26)10-24-6-8-25(9-7-24)19(27)23-18-22-14-16(28-2)20-11-21-17(14)29-18/h3-5,11,26H,6-10H2,1-2H3,(H,22,23,27). The van der Waals surface area contributed by atoms with Gasteiger partial charge in [0.25, 0.3) is 0 Å². The first-order chi connectivity index (χ1) is 14.0. The number of ether oxygens (including phenoxy) is 1. The molecule has 0 spiro atoms. The second-order valence-electron chi connectivity index (χ2n) is 6.83. The van der Waals surface area contributed by atoms with Crippen LogP contribution in [0.4, 0.5) is 9.93 Å². The molecule has 1 aromatic carbocycles. The maximum atomic E-state index is 12.6. The van der Waals surface area contributed by atoms with E-state index in [-0.39, 0.29) is 6.03 Å². The lowest BCUT2D eigenvalue weighted by Gasteiger charge is -2.34. The fraction of sp³-hybridized carbons (Fsp3) is 0.368. The molecule has 0 bridgehead atoms. The van der Waals surface area contributed by atoms with Crippen LogP contribution in [0.2, 0.25) is 0 Å². The van der Waals surface area contributed by atoms with Crippen LogP contribution in [0.5, 0.6) is 11.6 Å². The smallest absolute Gasteiger partial charge is 0.323 e. The van der Waals surface area contributed by atoms with E-state index in [9.17, 15) is 9.90 Å². The number of hydrogen-bond acceptors (Lipinski definition) is 8. The third-order valence-electron chi connectivity index (χ3n) is 4.94. The Morgan fingerprint density at radius 1 is 1.28 bits per heavy atom. The average Bonchev–Trinajstić information content (AvgIpc) is 3.14. The quantitative estimate of drug-likeness (QED) is 0.676. The van der Waals surface area contributed by atoms with Crippen LogP contribution in [0.1, 0.15) is 11.1 Å². The zero-order valence-corrected chi connectivity index (χ0v) is 17.1. The molecule has 0 atom stereocenters. The molecule has 2 aromatic heterocycles. The molecule has 3 heterocycles. The molecule has 4 rings (SSSR count). The molecule has 1 aliphatic rings. The molecule has 0 unspecified atom stereocenters. The number of methoxy groups -OCH3 is 1. The number of amides is 2. The number of anilines is 1. The van der Waals surface area contributed by atoms with E-state index in [0.29, 0.717) is 46.7 Å². The number of nitrogens with zero attached hydrogens (tertiary/aromatic N) is 5. The minimum Gasteiger partial charge on any atom is -0.507 e. The maximum Gasteiger partial charge on any atom is 0.323 e. The third kappa shape index (κ3) is 4.08. The fourth-order valence-electron chi connectivity index (χ4n) is 3.30. The van der Waals surface area contributed by atoms with Crippen LogP contribution >= 0.6 is 11.3 Å². The molecule has 0 aliphatic carbocycles. The SMILES string of the molecule is COc1ncnc2sc(NC(=O)N3CCN(Cc4cccc(C)c4O)CC3)nc12. The van der Waals surface area contributed by atoms with Crippen LogP contribution in [0, 0.1) is 6.92 Å². The first kappa shape index (κ1) is 19.3. The number of benzene rings is 1. The molecule has 0 radical (unpaired) electrons. The van der Waals surface area contributed by atoms with Gasteiger partial charge in [0.2, 0.25) is 5.88 Å². The Morgan fingerprint density at radius 3 is 2.83 bits per heavy atom. The zero-order chi connectivity index (χ0) is 20.4. The number of aryl methyl sites for hydroxylation is 1. The largest absolute Gasteiger partial charge is 0.507 e. The molecule has 29 heavy (non-hydrogen) atoms. The minimum absolute atomic E-state index is 0.186. The van der Waals surface area contributed by atoms with Crippen molar-refractivity contribution in [3.05, 3.63) is 35.7 Å². The fourth-order valence-corrected chi connectivity index (χ4v) is 4.09. The molecule has 0 saturated carbocycles. The number of aromatic hydroxyl groups is 1. The van der Waals surface area contributed by atoms with Gasteiger partial charge in [-0.05, 0) is 12.5 Å². The van der Waals surface area contributed by atoms with Crippen molar-refractivity contribution in [2.75, 3.05) is 38.6 Å². The zero-order valence-electron chi connectivity index (χ0n) is 16.3. The number of phenolic OH excluding ortho intramolecular Hbond substituents is 1. The molecule has 1 saturated heterocycles. The van der Waals surface area contributed by atoms with Crippen LogP contribution in [-0.4, -0.2) is 69.2 Å². The van der Waals surface area contributed by atoms with Crippen LogP contribution < -0.4 is 10.1 Å². The molecule has 3 aromatic rings. The highest BCUT2D eigenvalue weighted by molar-refractivity contribution is 7.22. The Kier molecular flexibility index (Phi) is 5.45. The van der Waals surface area contributed by atoms with E-state index in [1.54, 1.807) is 4.90 Å². The van der Waals surface area contributed by atoms with Crippen molar-refractivity contribution in [2.24, 2.45) is 0 Å². The van der Waals surface area contributed by atoms with E-state index >= 15 is 0 Å². The van der Waals surface area contributed by atoms with E-state index in [4.69, 9.17) is 4.74 Å². The van der Waals surface area contributed by atoms with Gasteiger partial charge in [-0.3, -0.25) is 10.2 Å². The second-order valence-corrected chi connectivity index (χ2v) is 7.81. The highest BCUT2D eigenvalue weighted by atomic mass is 32.1. The normalized spacial score (nSPS) is 14.9. The highest BCUT2D eigenvalue weighted by Gasteiger charge is 2.23. The van der Waals surface area contributed by atoms with Crippen LogP contribution in [0.25, 0.3) is 10.3 Å². The Hall–Kier alpha value is -2.98. The summed E-state index contributed by atoms with van der Waals surface area (Å²) in [5.74, 6) is 0.738. The van der Waals surface area contributed by atoms with Crippen molar-refractivity contribution in [3.8, 4) is 11.6 Å². The Labute approximate surface area is 172 Å². The lowest BCUT2D eigenvalue weighted by atomic mass is 10.1. The van der Waals surface area contributed by atoms with Crippen molar-refractivity contribution in [3.63, 3.8) is 0 Å². The number of fused-ring (bicyclic) bond motifs is 1. The molecule has 1 aliphatic heterocycles. The van der Waals surface area contributed by atoms with Crippen molar-refractivity contribution in [1.29, 1.82) is 0 Å². The molecular weight excluding hydrogens is 392 g/mol. The Bertz CT molecular complexity index is 1030. The van der Waals surface area contributed by atoms with Gasteiger partial charge in [-0.15, -0.1) is 0 Å². The third-order valence-corrected chi connectivity index (χ3v) is 5.82. The monoisotopic (exact) mass is 414 g/mol. The lowest BCUT2D eigenvalue weighted by molar-refractivity contribution is 0.142. The highest BCUT2D eigenvalue weighted by Crippen LogP contribution is 2.29. The first-order valence-corrected chi connectivity index (χ1v) is 10.1. The maximum absolute atomic E-state index is 12.6. The van der Waals surface area contributed by atoms with Gasteiger partial charge in [-0.2, -0.15) is 4.98 Å². The number of nitrogens with one attached hydrogen (secondary N) is 1. The average molecular weight is 414 g/mol. The summed E-state index contributed by atoms with van der Waals surface area (Å²) in [5, 5.41) is 13.5. The van der Waals surface area contributed by atoms with Gasteiger partial charge in [0.05, 0.1) is 7.11 Å². The van der Waals surface area contributed by atoms with Crippen LogP contribution in [-0.2, 0) is 6.54 Å². The predicted octanol–water partition coefficient (Wildman–Crippen LogP) is 2.46. The van der Waals surface area contributed by atoms with Gasteiger partial charge >= 0.3 is 6.03 Å². The number of urea groups is 1. The van der Waals surface area contributed by atoms with E-state index in [1.165, 1.54) is 24.8 Å². The van der Waals surface area contributed by atoms with E-state index < -0.39 is 0 Å². The first-order valence-electron chi connectivity index (χ1n) is 9.26. The second kappa shape index (κ2) is 8.18. The summed E-state index contributed by atoms with van der Waals surface area (Å²) in [6.07, 6.45) is 1.41. The molecule has 2 amide bonds. The Balaban J connectivity index is 1.35. The van der Waals surface area contributed by atoms with Crippen molar-refractivity contribution in [2.45, 2.75) is 13.5 Å². The number of thiazole rings is 1. The van der Waals surface area contributed by atoms with Crippen molar-refractivity contribution in [1.82, 2.24) is 24.8 Å². The minimum atomic E-state index is -0.186. The van der Waals surface area contributed by atoms with E-state index in [2.05, 4.69) is 25.2 Å². The van der Waals surface area contributed by atoms with E-state index in [0.717, 1.165) is 24.2 Å². The number of phenols is 1. The van der Waals surface area contributed by atoms with Gasteiger partial charge in [0.1, 0.15) is 12.1 Å². The number of piperazine rings is 1. The number of hydrogen-bond donors (Lipinski definition) is 2. The topological polar surface area (TPSA) is 104 Å². The Morgan fingerprint density at radius 2 is 2.07 bits per heavy atom. The number of aromatic nitrogens is 3. The summed E-state index contributed by atoms with van der Waals surface area (Å²) in [4.78, 5) is 29.8.